The first kappa shape index (κ1) is 17.6. The van der Waals surface area contributed by atoms with Crippen molar-refractivity contribution in [2.24, 2.45) is 0 Å². The van der Waals surface area contributed by atoms with Gasteiger partial charge in [-0.25, -0.2) is 13.1 Å². The summed E-state index contributed by atoms with van der Waals surface area (Å²) in [5.74, 6) is 0. The molecule has 0 saturated heterocycles. The fraction of sp³-hybridized carbons (Fsp3) is 0.692. The molecule has 116 valence electrons. The van der Waals surface area contributed by atoms with E-state index in [9.17, 15) is 8.42 Å². The lowest BCUT2D eigenvalue weighted by molar-refractivity contribution is 0.394. The lowest BCUT2D eigenvalue weighted by Crippen LogP contribution is -2.24. The van der Waals surface area contributed by atoms with Crippen LogP contribution in [0.25, 0.3) is 0 Å². The minimum absolute atomic E-state index is 0.413. The third-order valence-electron chi connectivity index (χ3n) is 2.85. The van der Waals surface area contributed by atoms with Crippen LogP contribution in [0.4, 0.5) is 0 Å². The number of hydrogen-bond donors (Lipinski definition) is 2. The number of likely N-dealkylation sites (N-methyl/N-ethyl adjacent to an activating group) is 1. The molecule has 7 heteroatoms. The van der Waals surface area contributed by atoms with Gasteiger partial charge in [-0.2, -0.15) is 0 Å². The van der Waals surface area contributed by atoms with Crippen LogP contribution in [-0.4, -0.2) is 54.1 Å². The van der Waals surface area contributed by atoms with Gasteiger partial charge < -0.3 is 10.2 Å². The Morgan fingerprint density at radius 2 is 1.95 bits per heavy atom. The predicted octanol–water partition coefficient (Wildman–Crippen LogP) is 1.13. The quantitative estimate of drug-likeness (QED) is 0.635. The van der Waals surface area contributed by atoms with Crippen LogP contribution in [0.3, 0.4) is 0 Å². The number of nitrogens with zero attached hydrogens (tertiary/aromatic N) is 1. The maximum atomic E-state index is 12.1. The molecule has 0 amide bonds. The van der Waals surface area contributed by atoms with Gasteiger partial charge in [0.25, 0.3) is 0 Å². The molecule has 0 fully saturated rings. The second-order valence-corrected chi connectivity index (χ2v) is 8.14. The third kappa shape index (κ3) is 6.32. The summed E-state index contributed by atoms with van der Waals surface area (Å²) in [5, 5.41) is 3.06. The largest absolute Gasteiger partial charge is 0.319 e. The van der Waals surface area contributed by atoms with Gasteiger partial charge in [-0.15, -0.1) is 11.3 Å². The molecule has 0 spiro atoms. The van der Waals surface area contributed by atoms with Crippen molar-refractivity contribution >= 4 is 21.4 Å². The maximum absolute atomic E-state index is 12.1. The van der Waals surface area contributed by atoms with Crippen molar-refractivity contribution in [1.29, 1.82) is 0 Å². The zero-order valence-corrected chi connectivity index (χ0v) is 14.1. The Balaban J connectivity index is 2.41. The van der Waals surface area contributed by atoms with E-state index in [0.717, 1.165) is 37.2 Å². The lowest BCUT2D eigenvalue weighted by atomic mass is 10.3. The van der Waals surface area contributed by atoms with Crippen molar-refractivity contribution in [3.63, 3.8) is 0 Å². The number of hydrogen-bond acceptors (Lipinski definition) is 5. The van der Waals surface area contributed by atoms with Gasteiger partial charge in [0.15, 0.2) is 0 Å². The Kier molecular flexibility index (Phi) is 7.68. The van der Waals surface area contributed by atoms with E-state index in [1.807, 2.05) is 27.2 Å². The lowest BCUT2D eigenvalue weighted by Gasteiger charge is -2.09. The van der Waals surface area contributed by atoms with Crippen LogP contribution in [0.1, 0.15) is 17.7 Å². The summed E-state index contributed by atoms with van der Waals surface area (Å²) in [6.07, 6.45) is 2.71. The Morgan fingerprint density at radius 1 is 1.20 bits per heavy atom. The zero-order chi connectivity index (χ0) is 15.0. The summed E-state index contributed by atoms with van der Waals surface area (Å²) < 4.78 is 27.3. The first-order valence-electron chi connectivity index (χ1n) is 6.83. The second-order valence-electron chi connectivity index (χ2n) is 4.98. The second kappa shape index (κ2) is 8.74. The Bertz CT molecular complexity index is 484. The number of rotatable bonds is 10. The SMILES string of the molecule is CNCCc1ccc(S(=O)(=O)NCCCCN(C)C)s1. The van der Waals surface area contributed by atoms with Gasteiger partial charge in [-0.05, 0) is 65.6 Å². The highest BCUT2D eigenvalue weighted by Crippen LogP contribution is 2.21. The Morgan fingerprint density at radius 3 is 2.60 bits per heavy atom. The van der Waals surface area contributed by atoms with E-state index in [4.69, 9.17) is 0 Å². The van der Waals surface area contributed by atoms with E-state index in [0.29, 0.717) is 10.8 Å². The highest BCUT2D eigenvalue weighted by atomic mass is 32.2. The number of thiophene rings is 1. The van der Waals surface area contributed by atoms with Crippen LogP contribution in [0, 0.1) is 0 Å². The first-order chi connectivity index (χ1) is 9.45. The fourth-order valence-electron chi connectivity index (χ4n) is 1.72. The van der Waals surface area contributed by atoms with Gasteiger partial charge in [-0.3, -0.25) is 0 Å². The Labute approximate surface area is 126 Å². The number of sulfonamides is 1. The van der Waals surface area contributed by atoms with E-state index >= 15 is 0 Å². The Hall–Kier alpha value is -0.470. The van der Waals surface area contributed by atoms with Crippen LogP contribution in [0.2, 0.25) is 0 Å². The van der Waals surface area contributed by atoms with Gasteiger partial charge in [0.05, 0.1) is 0 Å². The molecule has 1 aromatic heterocycles. The maximum Gasteiger partial charge on any atom is 0.250 e. The van der Waals surface area contributed by atoms with E-state index in [2.05, 4.69) is 14.9 Å². The summed E-state index contributed by atoms with van der Waals surface area (Å²) in [4.78, 5) is 3.19. The van der Waals surface area contributed by atoms with E-state index in [1.54, 1.807) is 6.07 Å². The van der Waals surface area contributed by atoms with Crippen molar-refractivity contribution < 1.29 is 8.42 Å². The normalized spacial score (nSPS) is 12.2. The van der Waals surface area contributed by atoms with E-state index in [-0.39, 0.29) is 0 Å². The molecule has 0 radical (unpaired) electrons. The molecule has 0 aliphatic rings. The van der Waals surface area contributed by atoms with Gasteiger partial charge in [0.2, 0.25) is 10.0 Å². The predicted molar refractivity (Wildman–Crippen MR) is 84.9 cm³/mol. The summed E-state index contributed by atoms with van der Waals surface area (Å²) in [6, 6.07) is 3.58. The number of unbranched alkanes of at least 4 members (excludes halogenated alkanes) is 1. The third-order valence-corrected chi connectivity index (χ3v) is 5.95. The molecule has 0 aliphatic heterocycles. The minimum Gasteiger partial charge on any atom is -0.319 e. The van der Waals surface area contributed by atoms with Gasteiger partial charge in [-0.1, -0.05) is 0 Å². The minimum atomic E-state index is -3.33. The topological polar surface area (TPSA) is 61.4 Å². The molecule has 1 rings (SSSR count). The smallest absolute Gasteiger partial charge is 0.250 e. The molecule has 1 aromatic rings. The first-order valence-corrected chi connectivity index (χ1v) is 9.13. The molecule has 5 nitrogen and oxygen atoms in total. The van der Waals surface area contributed by atoms with Crippen LogP contribution in [0.15, 0.2) is 16.3 Å². The van der Waals surface area contributed by atoms with Crippen LogP contribution in [0.5, 0.6) is 0 Å². The van der Waals surface area contributed by atoms with Gasteiger partial charge in [0.1, 0.15) is 4.21 Å². The monoisotopic (exact) mass is 319 g/mol. The highest BCUT2D eigenvalue weighted by Gasteiger charge is 2.15. The summed E-state index contributed by atoms with van der Waals surface area (Å²) in [5.41, 5.74) is 0. The standard InChI is InChI=1S/C13H25N3O2S2/c1-14-10-8-12-6-7-13(19-12)20(17,18)15-9-4-5-11-16(2)3/h6-7,14-15H,4-5,8-11H2,1-3H3. The molecule has 0 atom stereocenters. The molecule has 0 aromatic carbocycles. The van der Waals surface area contributed by atoms with Crippen molar-refractivity contribution in [3.8, 4) is 0 Å². The summed E-state index contributed by atoms with van der Waals surface area (Å²) in [7, 11) is 2.59. The van der Waals surface area contributed by atoms with Crippen molar-refractivity contribution in [2.75, 3.05) is 40.8 Å². The summed E-state index contributed by atoms with van der Waals surface area (Å²) >= 11 is 1.35. The number of nitrogens with one attached hydrogen (secondary N) is 2. The molecule has 2 N–H and O–H groups in total. The van der Waals surface area contributed by atoms with Crippen molar-refractivity contribution in [2.45, 2.75) is 23.5 Å². The van der Waals surface area contributed by atoms with Gasteiger partial charge in [0, 0.05) is 11.4 Å². The zero-order valence-electron chi connectivity index (χ0n) is 12.5. The molecule has 0 bridgehead atoms. The molecular formula is C13H25N3O2S2. The molecule has 0 aliphatic carbocycles. The van der Waals surface area contributed by atoms with Crippen molar-refractivity contribution in [3.05, 3.63) is 17.0 Å². The van der Waals surface area contributed by atoms with Crippen molar-refractivity contribution in [1.82, 2.24) is 14.9 Å². The fourth-order valence-corrected chi connectivity index (χ4v) is 4.19. The van der Waals surface area contributed by atoms with Crippen LogP contribution < -0.4 is 10.0 Å². The molecular weight excluding hydrogens is 294 g/mol. The molecule has 1 heterocycles. The highest BCUT2D eigenvalue weighted by molar-refractivity contribution is 7.91. The van der Waals surface area contributed by atoms with Crippen LogP contribution >= 0.6 is 11.3 Å². The summed E-state index contributed by atoms with van der Waals surface area (Å²) in [6.45, 7) is 2.34. The van der Waals surface area contributed by atoms with E-state index < -0.39 is 10.0 Å². The average Bonchev–Trinajstić information content (AvgIpc) is 2.85. The van der Waals surface area contributed by atoms with Crippen LogP contribution in [-0.2, 0) is 16.4 Å². The van der Waals surface area contributed by atoms with E-state index in [1.165, 1.54) is 11.3 Å². The molecule has 20 heavy (non-hydrogen) atoms. The van der Waals surface area contributed by atoms with Gasteiger partial charge >= 0.3 is 0 Å². The molecule has 0 saturated carbocycles. The average molecular weight is 319 g/mol. The molecule has 0 unspecified atom stereocenters.